The molecule has 0 unspecified atom stereocenters. The van der Waals surface area contributed by atoms with Crippen molar-refractivity contribution < 1.29 is 5.11 Å². The van der Waals surface area contributed by atoms with Crippen molar-refractivity contribution in [3.63, 3.8) is 0 Å². The molecule has 1 aliphatic rings. The van der Waals surface area contributed by atoms with Crippen LogP contribution in [0.1, 0.15) is 32.6 Å². The van der Waals surface area contributed by atoms with Gasteiger partial charge in [0, 0.05) is 28.9 Å². The molecule has 1 aromatic heterocycles. The van der Waals surface area contributed by atoms with Gasteiger partial charge in [-0.3, -0.25) is 0 Å². The number of rotatable bonds is 7. The van der Waals surface area contributed by atoms with E-state index in [9.17, 15) is 5.11 Å². The third-order valence-corrected chi connectivity index (χ3v) is 8.18. The van der Waals surface area contributed by atoms with Crippen LogP contribution in [0.25, 0.3) is 44.1 Å². The van der Waals surface area contributed by atoms with Gasteiger partial charge in [-0.25, -0.2) is 0 Å². The standard InChI is InChI=1S/C34H36N2O/c1-24-12-8-11-19-31(24)35-22-28(37)23-36-33(27-16-6-3-7-17-27)32(26-14-4-2-5-15-26)30-21-20-25-13-9-10-18-29(25)34(30)36/h2-7,9-10,13-18,20-21,24,28,31,35,37H,8,11-12,19,22-23H2,1H3/t24-,28-,31-/m0/s1. The second kappa shape index (κ2) is 10.5. The predicted molar refractivity (Wildman–Crippen MR) is 156 cm³/mol. The molecule has 3 nitrogen and oxygen atoms in total. The van der Waals surface area contributed by atoms with Crippen molar-refractivity contribution in [2.24, 2.45) is 5.92 Å². The smallest absolute Gasteiger partial charge is 0.0843 e. The summed E-state index contributed by atoms with van der Waals surface area (Å²) in [6.45, 7) is 3.48. The predicted octanol–water partition coefficient (Wildman–Crippen LogP) is 7.66. The van der Waals surface area contributed by atoms with Crippen LogP contribution < -0.4 is 5.32 Å². The zero-order chi connectivity index (χ0) is 25.2. The number of hydrogen-bond acceptors (Lipinski definition) is 2. The Morgan fingerprint density at radius 3 is 2.22 bits per heavy atom. The summed E-state index contributed by atoms with van der Waals surface area (Å²) in [4.78, 5) is 0. The number of fused-ring (bicyclic) bond motifs is 3. The van der Waals surface area contributed by atoms with E-state index < -0.39 is 6.10 Å². The second-order valence-corrected chi connectivity index (χ2v) is 10.7. The van der Waals surface area contributed by atoms with Gasteiger partial charge in [0.1, 0.15) is 0 Å². The summed E-state index contributed by atoms with van der Waals surface area (Å²) < 4.78 is 2.38. The normalized spacial score (nSPS) is 18.9. The van der Waals surface area contributed by atoms with Gasteiger partial charge in [0.25, 0.3) is 0 Å². The maximum absolute atomic E-state index is 11.4. The molecule has 1 heterocycles. The molecule has 0 amide bonds. The van der Waals surface area contributed by atoms with Gasteiger partial charge in [0.05, 0.1) is 23.9 Å². The fraction of sp³-hybridized carbons (Fsp3) is 0.294. The number of hydrogen-bond donors (Lipinski definition) is 2. The van der Waals surface area contributed by atoms with E-state index in [0.717, 1.165) is 0 Å². The number of nitrogens with one attached hydrogen (secondary N) is 1. The van der Waals surface area contributed by atoms with Gasteiger partial charge in [-0.1, -0.05) is 117 Å². The summed E-state index contributed by atoms with van der Waals surface area (Å²) >= 11 is 0. The van der Waals surface area contributed by atoms with Crippen LogP contribution in [-0.4, -0.2) is 28.4 Å². The van der Waals surface area contributed by atoms with Crippen LogP contribution in [0.15, 0.2) is 97.1 Å². The largest absolute Gasteiger partial charge is 0.390 e. The van der Waals surface area contributed by atoms with Gasteiger partial charge in [0.2, 0.25) is 0 Å². The molecule has 4 aromatic carbocycles. The van der Waals surface area contributed by atoms with Gasteiger partial charge in [-0.05, 0) is 35.3 Å². The molecule has 5 aromatic rings. The van der Waals surface area contributed by atoms with Crippen LogP contribution in [0.3, 0.4) is 0 Å². The second-order valence-electron chi connectivity index (χ2n) is 10.7. The Labute approximate surface area is 219 Å². The highest BCUT2D eigenvalue weighted by molar-refractivity contribution is 6.15. The number of aliphatic hydroxyl groups excluding tert-OH is 1. The van der Waals surface area contributed by atoms with Crippen LogP contribution in [0, 0.1) is 5.92 Å². The molecule has 1 fully saturated rings. The molecule has 37 heavy (non-hydrogen) atoms. The highest BCUT2D eigenvalue weighted by atomic mass is 16.3. The Hall–Kier alpha value is -3.40. The molecule has 0 spiro atoms. The lowest BCUT2D eigenvalue weighted by molar-refractivity contribution is 0.140. The minimum atomic E-state index is -0.491. The number of benzene rings is 4. The van der Waals surface area contributed by atoms with E-state index in [1.807, 2.05) is 0 Å². The lowest BCUT2D eigenvalue weighted by Crippen LogP contribution is -2.42. The van der Waals surface area contributed by atoms with Crippen LogP contribution in [0.2, 0.25) is 0 Å². The number of aliphatic hydroxyl groups is 1. The Kier molecular flexibility index (Phi) is 6.82. The molecule has 188 valence electrons. The zero-order valence-electron chi connectivity index (χ0n) is 21.6. The fourth-order valence-electron chi connectivity index (χ4n) is 6.28. The van der Waals surface area contributed by atoms with Crippen molar-refractivity contribution in [1.29, 1.82) is 0 Å². The summed E-state index contributed by atoms with van der Waals surface area (Å²) in [5, 5.41) is 18.8. The minimum Gasteiger partial charge on any atom is -0.390 e. The molecule has 1 aliphatic carbocycles. The van der Waals surface area contributed by atoms with Gasteiger partial charge < -0.3 is 15.0 Å². The molecule has 0 saturated heterocycles. The van der Waals surface area contributed by atoms with Crippen molar-refractivity contribution in [3.05, 3.63) is 97.1 Å². The lowest BCUT2D eigenvalue weighted by atomic mass is 9.86. The summed E-state index contributed by atoms with van der Waals surface area (Å²) in [7, 11) is 0. The molecule has 2 N–H and O–H groups in total. The quantitative estimate of drug-likeness (QED) is 0.247. The lowest BCUT2D eigenvalue weighted by Gasteiger charge is -2.30. The van der Waals surface area contributed by atoms with Crippen LogP contribution in [-0.2, 0) is 6.54 Å². The average Bonchev–Trinajstić information content (AvgIpc) is 3.28. The first-order chi connectivity index (χ1) is 18.2. The van der Waals surface area contributed by atoms with Crippen molar-refractivity contribution in [2.45, 2.75) is 51.3 Å². The average molecular weight is 489 g/mol. The van der Waals surface area contributed by atoms with E-state index in [1.54, 1.807) is 0 Å². The third kappa shape index (κ3) is 4.70. The van der Waals surface area contributed by atoms with E-state index in [4.69, 9.17) is 0 Å². The van der Waals surface area contributed by atoms with Crippen molar-refractivity contribution in [1.82, 2.24) is 9.88 Å². The van der Waals surface area contributed by atoms with Gasteiger partial charge in [-0.2, -0.15) is 0 Å². The molecule has 0 aliphatic heterocycles. The maximum Gasteiger partial charge on any atom is 0.0843 e. The summed E-state index contributed by atoms with van der Waals surface area (Å²) in [6.07, 6.45) is 4.60. The van der Waals surface area contributed by atoms with Crippen molar-refractivity contribution in [2.75, 3.05) is 6.54 Å². The summed E-state index contributed by atoms with van der Waals surface area (Å²) in [5.41, 5.74) is 5.96. The maximum atomic E-state index is 11.4. The van der Waals surface area contributed by atoms with Gasteiger partial charge >= 0.3 is 0 Å². The molecule has 6 rings (SSSR count). The van der Waals surface area contributed by atoms with E-state index in [1.165, 1.54) is 69.7 Å². The molecular formula is C34H36N2O. The fourth-order valence-corrected chi connectivity index (χ4v) is 6.28. The van der Waals surface area contributed by atoms with Crippen LogP contribution in [0.4, 0.5) is 0 Å². The zero-order valence-corrected chi connectivity index (χ0v) is 21.6. The van der Waals surface area contributed by atoms with Crippen molar-refractivity contribution >= 4 is 21.7 Å². The topological polar surface area (TPSA) is 37.2 Å². The Morgan fingerprint density at radius 2 is 1.46 bits per heavy atom. The van der Waals surface area contributed by atoms with Gasteiger partial charge in [-0.15, -0.1) is 0 Å². The minimum absolute atomic E-state index is 0.491. The highest BCUT2D eigenvalue weighted by Gasteiger charge is 2.25. The van der Waals surface area contributed by atoms with Crippen LogP contribution >= 0.6 is 0 Å². The van der Waals surface area contributed by atoms with Gasteiger partial charge in [0.15, 0.2) is 0 Å². The molecule has 1 saturated carbocycles. The summed E-state index contributed by atoms with van der Waals surface area (Å²) in [6, 6.07) is 34.9. The molecule has 0 radical (unpaired) electrons. The first-order valence-electron chi connectivity index (χ1n) is 13.8. The molecular weight excluding hydrogens is 452 g/mol. The van der Waals surface area contributed by atoms with E-state index in [-0.39, 0.29) is 0 Å². The first-order valence-corrected chi connectivity index (χ1v) is 13.8. The monoisotopic (exact) mass is 488 g/mol. The van der Waals surface area contributed by atoms with E-state index in [0.29, 0.717) is 25.0 Å². The third-order valence-electron chi connectivity index (χ3n) is 8.18. The highest BCUT2D eigenvalue weighted by Crippen LogP contribution is 2.43. The summed E-state index contributed by atoms with van der Waals surface area (Å²) in [5.74, 6) is 0.668. The number of aromatic nitrogens is 1. The Morgan fingerprint density at radius 1 is 0.784 bits per heavy atom. The van der Waals surface area contributed by atoms with E-state index in [2.05, 4.69) is 114 Å². The SMILES string of the molecule is C[C@H]1CCCC[C@@H]1NC[C@H](O)Cn1c(-c2ccccc2)c(-c2ccccc2)c2ccc3ccccc3c21. The molecule has 3 heteroatoms. The van der Waals surface area contributed by atoms with Crippen molar-refractivity contribution in [3.8, 4) is 22.4 Å². The Bertz CT molecular complexity index is 1490. The van der Waals surface area contributed by atoms with E-state index >= 15 is 0 Å². The Balaban J connectivity index is 1.51. The molecule has 3 atom stereocenters. The first kappa shape index (κ1) is 24.0. The number of nitrogens with zero attached hydrogens (tertiary/aromatic N) is 1. The molecule has 0 bridgehead atoms. The van der Waals surface area contributed by atoms with Crippen LogP contribution in [0.5, 0.6) is 0 Å².